The van der Waals surface area contributed by atoms with Gasteiger partial charge in [0, 0.05) is 10.9 Å². The predicted molar refractivity (Wildman–Crippen MR) is 102 cm³/mol. The van der Waals surface area contributed by atoms with E-state index >= 15 is 0 Å². The summed E-state index contributed by atoms with van der Waals surface area (Å²) in [5.74, 6) is 0.725. The maximum absolute atomic E-state index is 12.7. The van der Waals surface area contributed by atoms with E-state index < -0.39 is 15.6 Å². The number of hydrogen-bond donors (Lipinski definition) is 2. The molecule has 3 heterocycles. The summed E-state index contributed by atoms with van der Waals surface area (Å²) in [6.07, 6.45) is 6.46. The fourth-order valence-electron chi connectivity index (χ4n) is 3.46. The van der Waals surface area contributed by atoms with E-state index in [-0.39, 0.29) is 4.90 Å². The highest BCUT2D eigenvalue weighted by Gasteiger charge is 2.46. The van der Waals surface area contributed by atoms with Gasteiger partial charge < -0.3 is 9.72 Å². The topological polar surface area (TPSA) is 121 Å². The Hall–Kier alpha value is -2.96. The van der Waals surface area contributed by atoms with Gasteiger partial charge in [-0.3, -0.25) is 0 Å². The van der Waals surface area contributed by atoms with Gasteiger partial charge in [-0.15, -0.1) is 0 Å². The zero-order chi connectivity index (χ0) is 19.4. The number of fused-ring (bicyclic) bond motifs is 3. The summed E-state index contributed by atoms with van der Waals surface area (Å²) >= 11 is 0. The van der Waals surface area contributed by atoms with Crippen LogP contribution in [-0.2, 0) is 14.8 Å². The van der Waals surface area contributed by atoms with Crippen molar-refractivity contribution in [2.75, 3.05) is 6.61 Å². The van der Waals surface area contributed by atoms with Crippen molar-refractivity contribution in [2.45, 2.75) is 36.1 Å². The summed E-state index contributed by atoms with van der Waals surface area (Å²) in [7, 11) is -3.79. The molecule has 0 amide bonds. The molecule has 0 spiro atoms. The highest BCUT2D eigenvalue weighted by Crippen LogP contribution is 2.37. The highest BCUT2D eigenvalue weighted by atomic mass is 32.2. The molecule has 8 nitrogen and oxygen atoms in total. The van der Waals surface area contributed by atoms with Gasteiger partial charge in [0.15, 0.2) is 0 Å². The van der Waals surface area contributed by atoms with Crippen molar-refractivity contribution in [1.82, 2.24) is 19.7 Å². The molecule has 0 atom stereocenters. The Bertz CT molecular complexity index is 1280. The van der Waals surface area contributed by atoms with Crippen LogP contribution in [0, 0.1) is 11.3 Å². The molecule has 1 aliphatic carbocycles. The van der Waals surface area contributed by atoms with E-state index in [1.54, 1.807) is 12.1 Å². The van der Waals surface area contributed by atoms with Gasteiger partial charge in [0.2, 0.25) is 10.0 Å². The Labute approximate surface area is 161 Å². The number of nitriles is 1. The number of hydrogen-bond acceptors (Lipinski definition) is 6. The van der Waals surface area contributed by atoms with Crippen LogP contribution in [0.25, 0.3) is 27.7 Å². The number of rotatable bonds is 4. The standard InChI is InChI=1S/C19H17N5O3S/c20-10-19(6-7-19)24-28(25,26)12-4-5-13-14(9-12)23-18-16(13)17(21-11-22-18)15-3-1-2-8-27-15/h3-5,9,11,24H,1-2,6-8H2,(H,21,22,23). The molecule has 3 aromatic rings. The van der Waals surface area contributed by atoms with Gasteiger partial charge in [-0.25, -0.2) is 18.4 Å². The highest BCUT2D eigenvalue weighted by molar-refractivity contribution is 7.89. The van der Waals surface area contributed by atoms with Crippen LogP contribution in [0.2, 0.25) is 0 Å². The largest absolute Gasteiger partial charge is 0.492 e. The lowest BCUT2D eigenvalue weighted by Gasteiger charge is -2.14. The van der Waals surface area contributed by atoms with Crippen LogP contribution < -0.4 is 4.72 Å². The number of nitrogens with one attached hydrogen (secondary N) is 2. The maximum Gasteiger partial charge on any atom is 0.242 e. The first-order chi connectivity index (χ1) is 13.5. The lowest BCUT2D eigenvalue weighted by molar-refractivity contribution is 0.258. The molecule has 0 unspecified atom stereocenters. The summed E-state index contributed by atoms with van der Waals surface area (Å²) in [6.45, 7) is 0.647. The van der Waals surface area contributed by atoms with Crippen molar-refractivity contribution in [2.24, 2.45) is 0 Å². The van der Waals surface area contributed by atoms with Crippen LogP contribution >= 0.6 is 0 Å². The number of nitrogens with zero attached hydrogens (tertiary/aromatic N) is 3. The molecule has 1 fully saturated rings. The Balaban J connectivity index is 1.63. The molecular formula is C19H17N5O3S. The van der Waals surface area contributed by atoms with Crippen molar-refractivity contribution in [3.8, 4) is 6.07 Å². The van der Waals surface area contributed by atoms with Crippen LogP contribution in [0.3, 0.4) is 0 Å². The summed E-state index contributed by atoms with van der Waals surface area (Å²) in [4.78, 5) is 12.0. The fourth-order valence-corrected chi connectivity index (χ4v) is 4.86. The number of aromatic amines is 1. The minimum atomic E-state index is -3.79. The van der Waals surface area contributed by atoms with Crippen LogP contribution in [0.15, 0.2) is 35.5 Å². The molecule has 5 rings (SSSR count). The lowest BCUT2D eigenvalue weighted by atomic mass is 10.1. The summed E-state index contributed by atoms with van der Waals surface area (Å²) in [5.41, 5.74) is 0.995. The molecule has 0 bridgehead atoms. The third-order valence-electron chi connectivity index (χ3n) is 5.13. The molecular weight excluding hydrogens is 378 g/mol. The second-order valence-corrected chi connectivity index (χ2v) is 8.82. The van der Waals surface area contributed by atoms with E-state index in [2.05, 4.69) is 19.7 Å². The number of allylic oxidation sites excluding steroid dienone is 1. The average Bonchev–Trinajstić information content (AvgIpc) is 3.37. The van der Waals surface area contributed by atoms with Crippen molar-refractivity contribution < 1.29 is 13.2 Å². The lowest BCUT2D eigenvalue weighted by Crippen LogP contribution is -2.35. The number of H-pyrrole nitrogens is 1. The zero-order valence-electron chi connectivity index (χ0n) is 14.9. The average molecular weight is 395 g/mol. The van der Waals surface area contributed by atoms with Crippen LogP contribution in [0.5, 0.6) is 0 Å². The second kappa shape index (κ2) is 6.02. The first-order valence-corrected chi connectivity index (χ1v) is 10.5. The maximum atomic E-state index is 12.7. The minimum absolute atomic E-state index is 0.107. The van der Waals surface area contributed by atoms with E-state index in [1.807, 2.05) is 12.1 Å². The van der Waals surface area contributed by atoms with Crippen molar-refractivity contribution >= 4 is 37.7 Å². The molecule has 28 heavy (non-hydrogen) atoms. The predicted octanol–water partition coefficient (Wildman–Crippen LogP) is 2.60. The molecule has 2 aromatic heterocycles. The molecule has 2 aliphatic rings. The fraction of sp³-hybridized carbons (Fsp3) is 0.316. The van der Waals surface area contributed by atoms with E-state index in [1.165, 1.54) is 12.4 Å². The second-order valence-electron chi connectivity index (χ2n) is 7.14. The van der Waals surface area contributed by atoms with Crippen molar-refractivity contribution in [3.05, 3.63) is 36.3 Å². The Kier molecular flexibility index (Phi) is 3.69. The molecule has 1 saturated carbocycles. The number of benzene rings is 1. The molecule has 1 aromatic carbocycles. The molecule has 0 radical (unpaired) electrons. The van der Waals surface area contributed by atoms with Gasteiger partial charge in [-0.05, 0) is 43.9 Å². The first-order valence-electron chi connectivity index (χ1n) is 9.06. The summed E-state index contributed by atoms with van der Waals surface area (Å²) in [5, 5.41) is 10.8. The monoisotopic (exact) mass is 395 g/mol. The van der Waals surface area contributed by atoms with Crippen LogP contribution in [-0.4, -0.2) is 35.5 Å². The van der Waals surface area contributed by atoms with E-state index in [9.17, 15) is 13.7 Å². The van der Waals surface area contributed by atoms with Crippen LogP contribution in [0.1, 0.15) is 31.4 Å². The van der Waals surface area contributed by atoms with E-state index in [4.69, 9.17) is 4.74 Å². The Morgan fingerprint density at radius 1 is 1.29 bits per heavy atom. The van der Waals surface area contributed by atoms with Crippen molar-refractivity contribution in [1.29, 1.82) is 5.26 Å². The van der Waals surface area contributed by atoms with Gasteiger partial charge in [0.05, 0.1) is 23.0 Å². The SMILES string of the molecule is N#CC1(NS(=O)(=O)c2ccc3c(c2)[nH]c2ncnc(C4=CCCCO4)c23)CC1. The van der Waals surface area contributed by atoms with Crippen LogP contribution in [0.4, 0.5) is 0 Å². The van der Waals surface area contributed by atoms with E-state index in [0.29, 0.717) is 36.3 Å². The van der Waals surface area contributed by atoms with E-state index in [0.717, 1.165) is 29.4 Å². The third-order valence-corrected chi connectivity index (χ3v) is 6.67. The minimum Gasteiger partial charge on any atom is -0.492 e. The quantitative estimate of drug-likeness (QED) is 0.700. The van der Waals surface area contributed by atoms with Crippen molar-refractivity contribution in [3.63, 3.8) is 0 Å². The molecule has 9 heteroatoms. The number of ether oxygens (including phenoxy) is 1. The Morgan fingerprint density at radius 2 is 2.14 bits per heavy atom. The molecule has 142 valence electrons. The Morgan fingerprint density at radius 3 is 2.86 bits per heavy atom. The summed E-state index contributed by atoms with van der Waals surface area (Å²) < 4.78 is 33.6. The van der Waals surface area contributed by atoms with Gasteiger partial charge in [0.1, 0.15) is 29.0 Å². The summed E-state index contributed by atoms with van der Waals surface area (Å²) in [6, 6.07) is 6.89. The zero-order valence-corrected chi connectivity index (χ0v) is 15.7. The first kappa shape index (κ1) is 17.2. The van der Waals surface area contributed by atoms with Gasteiger partial charge in [-0.2, -0.15) is 9.98 Å². The van der Waals surface area contributed by atoms with Gasteiger partial charge >= 0.3 is 0 Å². The third kappa shape index (κ3) is 2.73. The molecule has 2 N–H and O–H groups in total. The van der Waals surface area contributed by atoms with Gasteiger partial charge in [-0.1, -0.05) is 6.07 Å². The normalized spacial score (nSPS) is 18.5. The smallest absolute Gasteiger partial charge is 0.242 e. The molecule has 1 aliphatic heterocycles. The van der Waals surface area contributed by atoms with Gasteiger partial charge in [0.25, 0.3) is 0 Å². The number of sulfonamides is 1. The number of aromatic nitrogens is 3. The molecule has 0 saturated heterocycles.